The average Bonchev–Trinajstić information content (AvgIpc) is 2.67. The van der Waals surface area contributed by atoms with Crippen LogP contribution in [0.5, 0.6) is 0 Å². The number of nitrogens with one attached hydrogen (secondary N) is 1. The fraction of sp³-hybridized carbons (Fsp3) is 0.556. The molecule has 2 unspecified atom stereocenters. The van der Waals surface area contributed by atoms with Crippen LogP contribution in [0.3, 0.4) is 0 Å². The van der Waals surface area contributed by atoms with E-state index in [1.54, 1.807) is 0 Å². The van der Waals surface area contributed by atoms with Gasteiger partial charge in [0.05, 0.1) is 6.61 Å². The lowest BCUT2D eigenvalue weighted by atomic mass is 10.1. The lowest BCUT2D eigenvalue weighted by molar-refractivity contribution is -0.0548. The number of nitrogens with two attached hydrogens (primary N) is 1. The molecule has 0 aliphatic carbocycles. The summed E-state index contributed by atoms with van der Waals surface area (Å²) in [7, 11) is 0. The fourth-order valence-corrected chi connectivity index (χ4v) is 1.85. The second-order valence-corrected chi connectivity index (χ2v) is 4.04. The highest BCUT2D eigenvalue weighted by Gasteiger charge is 2.43. The van der Waals surface area contributed by atoms with Gasteiger partial charge in [-0.2, -0.15) is 10.1 Å². The van der Waals surface area contributed by atoms with Crippen molar-refractivity contribution in [2.75, 3.05) is 12.3 Å². The highest BCUT2D eigenvalue weighted by atomic mass is 16.6. The van der Waals surface area contributed by atoms with Crippen molar-refractivity contribution in [3.05, 3.63) is 16.7 Å². The van der Waals surface area contributed by atoms with Crippen LogP contribution in [-0.2, 0) is 4.74 Å². The van der Waals surface area contributed by atoms with Crippen molar-refractivity contribution in [3.8, 4) is 0 Å². The number of nitrogens with zero attached hydrogens (tertiary/aromatic N) is 3. The quantitative estimate of drug-likeness (QED) is 0.400. The third-order valence-corrected chi connectivity index (χ3v) is 2.87. The second kappa shape index (κ2) is 5.01. The fourth-order valence-electron chi connectivity index (χ4n) is 1.85. The Morgan fingerprint density at radius 3 is 2.74 bits per heavy atom. The Kier molecular flexibility index (Phi) is 3.57. The monoisotopic (exact) mass is 271 g/mol. The molecular formula is C9H13N5O5. The Hall–Kier alpha value is -1.88. The molecule has 10 heteroatoms. The zero-order valence-corrected chi connectivity index (χ0v) is 9.67. The molecule has 1 aromatic heterocycles. The van der Waals surface area contributed by atoms with Gasteiger partial charge in [0.2, 0.25) is 0 Å². The molecule has 1 aliphatic rings. The molecule has 0 saturated carbocycles. The SMILES string of the molecule is N=Nc1cn([C@@H]2O[C@H](CO)C(O)C2O)c(=O)nc1N. The summed E-state index contributed by atoms with van der Waals surface area (Å²) in [5, 5.41) is 31.4. The zero-order valence-electron chi connectivity index (χ0n) is 9.67. The van der Waals surface area contributed by atoms with Gasteiger partial charge in [0.25, 0.3) is 0 Å². The first kappa shape index (κ1) is 13.5. The molecule has 1 aliphatic heterocycles. The van der Waals surface area contributed by atoms with E-state index in [1.807, 2.05) is 0 Å². The molecular weight excluding hydrogens is 258 g/mol. The number of aliphatic hydroxyl groups is 3. The van der Waals surface area contributed by atoms with Crippen molar-refractivity contribution >= 4 is 11.5 Å². The highest BCUT2D eigenvalue weighted by molar-refractivity contribution is 5.54. The predicted molar refractivity (Wildman–Crippen MR) is 60.7 cm³/mol. The van der Waals surface area contributed by atoms with Crippen LogP contribution in [0.4, 0.5) is 11.5 Å². The van der Waals surface area contributed by atoms with Gasteiger partial charge in [-0.3, -0.25) is 4.57 Å². The number of hydrogen-bond acceptors (Lipinski definition) is 9. The van der Waals surface area contributed by atoms with Crippen molar-refractivity contribution in [3.63, 3.8) is 0 Å². The van der Waals surface area contributed by atoms with E-state index >= 15 is 0 Å². The molecule has 6 N–H and O–H groups in total. The molecule has 104 valence electrons. The Bertz CT molecular complexity index is 546. The molecule has 0 spiro atoms. The van der Waals surface area contributed by atoms with E-state index in [4.69, 9.17) is 21.1 Å². The molecule has 1 fully saturated rings. The van der Waals surface area contributed by atoms with E-state index in [1.165, 1.54) is 0 Å². The Morgan fingerprint density at radius 1 is 1.53 bits per heavy atom. The van der Waals surface area contributed by atoms with Crippen LogP contribution in [0.25, 0.3) is 0 Å². The Morgan fingerprint density at radius 2 is 2.21 bits per heavy atom. The van der Waals surface area contributed by atoms with E-state index in [0.29, 0.717) is 0 Å². The predicted octanol–water partition coefficient (Wildman–Crippen LogP) is -1.90. The summed E-state index contributed by atoms with van der Waals surface area (Å²) in [5.41, 5.74) is 11.4. The van der Waals surface area contributed by atoms with Crippen molar-refractivity contribution in [1.82, 2.24) is 9.55 Å². The van der Waals surface area contributed by atoms with Gasteiger partial charge in [0, 0.05) is 6.20 Å². The molecule has 19 heavy (non-hydrogen) atoms. The molecule has 0 bridgehead atoms. The first-order valence-electron chi connectivity index (χ1n) is 5.38. The highest BCUT2D eigenvalue weighted by Crippen LogP contribution is 2.29. The largest absolute Gasteiger partial charge is 0.394 e. The van der Waals surface area contributed by atoms with Gasteiger partial charge in [-0.15, -0.1) is 0 Å². The van der Waals surface area contributed by atoms with Gasteiger partial charge >= 0.3 is 5.69 Å². The number of rotatable bonds is 3. The number of ether oxygens (including phenoxy) is 1. The van der Waals surface area contributed by atoms with Crippen LogP contribution < -0.4 is 11.4 Å². The molecule has 1 aromatic rings. The summed E-state index contributed by atoms with van der Waals surface area (Å²) in [6.07, 6.45) is -3.90. The summed E-state index contributed by atoms with van der Waals surface area (Å²) in [6.45, 7) is -0.512. The normalized spacial score (nSPS) is 30.5. The second-order valence-electron chi connectivity index (χ2n) is 4.04. The maximum atomic E-state index is 11.7. The van der Waals surface area contributed by atoms with Gasteiger partial charge in [0.15, 0.2) is 12.0 Å². The number of nitrogen functional groups attached to an aromatic ring is 1. The first-order valence-corrected chi connectivity index (χ1v) is 5.38. The van der Waals surface area contributed by atoms with Gasteiger partial charge in [-0.05, 0) is 0 Å². The number of hydrogen-bond donors (Lipinski definition) is 5. The van der Waals surface area contributed by atoms with Gasteiger partial charge in [0.1, 0.15) is 24.0 Å². The summed E-state index contributed by atoms with van der Waals surface area (Å²) in [5.74, 6) is -0.219. The minimum Gasteiger partial charge on any atom is -0.394 e. The van der Waals surface area contributed by atoms with E-state index in [0.717, 1.165) is 10.8 Å². The van der Waals surface area contributed by atoms with Crippen LogP contribution in [-0.4, -0.2) is 49.8 Å². The summed E-state index contributed by atoms with van der Waals surface area (Å²) < 4.78 is 6.04. The van der Waals surface area contributed by atoms with E-state index in [9.17, 15) is 15.0 Å². The van der Waals surface area contributed by atoms with Crippen LogP contribution in [0, 0.1) is 5.53 Å². The maximum Gasteiger partial charge on any atom is 0.351 e. The maximum absolute atomic E-state index is 11.7. The Labute approximate surface area is 106 Å². The third-order valence-electron chi connectivity index (χ3n) is 2.87. The van der Waals surface area contributed by atoms with Crippen LogP contribution in [0.2, 0.25) is 0 Å². The van der Waals surface area contributed by atoms with E-state index in [-0.39, 0.29) is 11.5 Å². The molecule has 2 heterocycles. The van der Waals surface area contributed by atoms with E-state index < -0.39 is 36.8 Å². The first-order chi connectivity index (χ1) is 8.99. The third kappa shape index (κ3) is 2.21. The summed E-state index contributed by atoms with van der Waals surface area (Å²) in [4.78, 5) is 15.1. The van der Waals surface area contributed by atoms with E-state index in [2.05, 4.69) is 10.1 Å². The molecule has 2 rings (SSSR count). The van der Waals surface area contributed by atoms with Crippen molar-refractivity contribution in [2.24, 2.45) is 5.11 Å². The summed E-state index contributed by atoms with van der Waals surface area (Å²) >= 11 is 0. The standard InChI is InChI=1S/C9H13N5O5/c10-7-3(13-11)1-14(9(18)12-7)8-6(17)5(16)4(2-15)19-8/h1,4-6,8,11,15-17H,2H2,(H2,10,12,18)/t4-,5?,6?,8-/m1/s1. The minimum atomic E-state index is -1.42. The number of anilines is 1. The number of aliphatic hydroxyl groups excluding tert-OH is 3. The molecule has 4 atom stereocenters. The van der Waals surface area contributed by atoms with Crippen LogP contribution in [0.15, 0.2) is 16.1 Å². The lowest BCUT2D eigenvalue weighted by Gasteiger charge is -2.17. The molecule has 10 nitrogen and oxygen atoms in total. The molecule has 0 radical (unpaired) electrons. The van der Waals surface area contributed by atoms with Crippen molar-refractivity contribution in [2.45, 2.75) is 24.5 Å². The average molecular weight is 271 g/mol. The topological polar surface area (TPSA) is 167 Å². The zero-order chi connectivity index (χ0) is 14.2. The van der Waals surface area contributed by atoms with Gasteiger partial charge in [-0.25, -0.2) is 10.3 Å². The van der Waals surface area contributed by atoms with Crippen molar-refractivity contribution < 1.29 is 20.1 Å². The number of aromatic nitrogens is 2. The summed E-state index contributed by atoms with van der Waals surface area (Å²) in [6, 6.07) is 0. The van der Waals surface area contributed by atoms with Gasteiger partial charge in [-0.1, -0.05) is 0 Å². The minimum absolute atomic E-state index is 0.0719. The smallest absolute Gasteiger partial charge is 0.351 e. The lowest BCUT2D eigenvalue weighted by Crippen LogP contribution is -2.36. The van der Waals surface area contributed by atoms with Crippen LogP contribution >= 0.6 is 0 Å². The van der Waals surface area contributed by atoms with Crippen LogP contribution in [0.1, 0.15) is 6.23 Å². The van der Waals surface area contributed by atoms with Gasteiger partial charge < -0.3 is 25.8 Å². The molecule has 0 aromatic carbocycles. The Balaban J connectivity index is 2.43. The molecule has 0 amide bonds. The van der Waals surface area contributed by atoms with Crippen molar-refractivity contribution in [1.29, 1.82) is 5.53 Å². The molecule has 1 saturated heterocycles.